The van der Waals surface area contributed by atoms with E-state index >= 15 is 0 Å². The Morgan fingerprint density at radius 1 is 1.11 bits per heavy atom. The molecule has 1 aliphatic rings. The second-order valence-corrected chi connectivity index (χ2v) is 5.89. The summed E-state index contributed by atoms with van der Waals surface area (Å²) in [5.74, 6) is 0.952. The van der Waals surface area contributed by atoms with Gasteiger partial charge < -0.3 is 10.1 Å². The quantitative estimate of drug-likeness (QED) is 0.878. The molecule has 0 amide bonds. The summed E-state index contributed by atoms with van der Waals surface area (Å²) in [5.41, 5.74) is 1.91. The number of ether oxygens (including phenoxy) is 1. The lowest BCUT2D eigenvalue weighted by Gasteiger charge is -2.13. The molecule has 0 saturated heterocycles. The molecule has 0 radical (unpaired) electrons. The zero-order valence-corrected chi connectivity index (χ0v) is 11.7. The first-order valence-corrected chi connectivity index (χ1v) is 6.97. The van der Waals surface area contributed by atoms with Gasteiger partial charge in [-0.05, 0) is 35.3 Å². The van der Waals surface area contributed by atoms with Gasteiger partial charge in [-0.2, -0.15) is 0 Å². The Kier molecular flexibility index (Phi) is 3.19. The summed E-state index contributed by atoms with van der Waals surface area (Å²) in [4.78, 5) is 0. The van der Waals surface area contributed by atoms with Gasteiger partial charge in [0.1, 0.15) is 5.75 Å². The van der Waals surface area contributed by atoms with Crippen molar-refractivity contribution < 1.29 is 4.74 Å². The number of rotatable bonds is 5. The van der Waals surface area contributed by atoms with Crippen molar-refractivity contribution >= 4 is 10.8 Å². The van der Waals surface area contributed by atoms with Gasteiger partial charge in [0.2, 0.25) is 0 Å². The van der Waals surface area contributed by atoms with Crippen LogP contribution >= 0.6 is 0 Å². The maximum absolute atomic E-state index is 5.43. The van der Waals surface area contributed by atoms with Crippen molar-refractivity contribution in [1.82, 2.24) is 5.32 Å². The Balaban J connectivity index is 1.82. The van der Waals surface area contributed by atoms with Crippen molar-refractivity contribution in [2.24, 2.45) is 5.41 Å². The van der Waals surface area contributed by atoms with Crippen LogP contribution in [0.5, 0.6) is 5.75 Å². The topological polar surface area (TPSA) is 21.3 Å². The highest BCUT2D eigenvalue weighted by molar-refractivity contribution is 5.91. The largest absolute Gasteiger partial charge is 0.496 e. The molecule has 0 aromatic heterocycles. The summed E-state index contributed by atoms with van der Waals surface area (Å²) in [6.45, 7) is 4.40. The third-order valence-corrected chi connectivity index (χ3v) is 4.17. The molecule has 19 heavy (non-hydrogen) atoms. The van der Waals surface area contributed by atoms with Crippen LogP contribution in [0.2, 0.25) is 0 Å². The molecule has 0 aliphatic heterocycles. The third kappa shape index (κ3) is 2.59. The predicted octanol–water partition coefficient (Wildman–Crippen LogP) is 3.74. The van der Waals surface area contributed by atoms with E-state index in [0.717, 1.165) is 18.8 Å². The Morgan fingerprint density at radius 2 is 1.84 bits per heavy atom. The zero-order chi connectivity index (χ0) is 13.3. The third-order valence-electron chi connectivity index (χ3n) is 4.17. The van der Waals surface area contributed by atoms with E-state index in [1.807, 2.05) is 0 Å². The van der Waals surface area contributed by atoms with E-state index in [4.69, 9.17) is 4.74 Å². The van der Waals surface area contributed by atoms with E-state index in [0.29, 0.717) is 5.41 Å². The minimum absolute atomic E-state index is 0.558. The smallest absolute Gasteiger partial charge is 0.126 e. The van der Waals surface area contributed by atoms with Crippen LogP contribution in [0.15, 0.2) is 36.4 Å². The Labute approximate surface area is 114 Å². The summed E-state index contributed by atoms with van der Waals surface area (Å²) in [6.07, 6.45) is 2.73. The van der Waals surface area contributed by atoms with E-state index in [1.165, 1.54) is 29.2 Å². The molecule has 2 heteroatoms. The van der Waals surface area contributed by atoms with Crippen LogP contribution in [0.25, 0.3) is 10.8 Å². The lowest BCUT2D eigenvalue weighted by Crippen LogP contribution is -2.21. The molecule has 0 atom stereocenters. The van der Waals surface area contributed by atoms with E-state index in [-0.39, 0.29) is 0 Å². The highest BCUT2D eigenvalue weighted by Crippen LogP contribution is 2.44. The van der Waals surface area contributed by atoms with E-state index in [1.54, 1.807) is 7.11 Å². The van der Waals surface area contributed by atoms with Gasteiger partial charge in [-0.3, -0.25) is 0 Å². The van der Waals surface area contributed by atoms with Crippen molar-refractivity contribution in [3.8, 4) is 5.75 Å². The van der Waals surface area contributed by atoms with Gasteiger partial charge in [-0.15, -0.1) is 0 Å². The number of nitrogens with one attached hydrogen (secondary N) is 1. The average molecular weight is 255 g/mol. The first kappa shape index (κ1) is 12.5. The molecule has 0 spiro atoms. The highest BCUT2D eigenvalue weighted by atomic mass is 16.5. The predicted molar refractivity (Wildman–Crippen MR) is 79.5 cm³/mol. The molecule has 0 bridgehead atoms. The van der Waals surface area contributed by atoms with Gasteiger partial charge in [-0.25, -0.2) is 0 Å². The van der Waals surface area contributed by atoms with E-state index in [9.17, 15) is 0 Å². The Morgan fingerprint density at radius 3 is 2.53 bits per heavy atom. The number of hydrogen-bond donors (Lipinski definition) is 1. The highest BCUT2D eigenvalue weighted by Gasteiger charge is 2.36. The Bertz CT molecular complexity index is 587. The maximum Gasteiger partial charge on any atom is 0.126 e. The second-order valence-electron chi connectivity index (χ2n) is 5.89. The van der Waals surface area contributed by atoms with Gasteiger partial charge >= 0.3 is 0 Å². The normalized spacial score (nSPS) is 16.5. The molecule has 2 nitrogen and oxygen atoms in total. The number of methoxy groups -OCH3 is 1. The molecule has 1 N–H and O–H groups in total. The van der Waals surface area contributed by atoms with Crippen molar-refractivity contribution in [2.45, 2.75) is 26.3 Å². The summed E-state index contributed by atoms with van der Waals surface area (Å²) in [5, 5.41) is 6.08. The lowest BCUT2D eigenvalue weighted by atomic mass is 10.0. The molecule has 0 unspecified atom stereocenters. The molecular formula is C17H21NO. The first-order valence-electron chi connectivity index (χ1n) is 6.97. The van der Waals surface area contributed by atoms with Gasteiger partial charge in [0.05, 0.1) is 7.11 Å². The van der Waals surface area contributed by atoms with Crippen LogP contribution in [0.4, 0.5) is 0 Å². The lowest BCUT2D eigenvalue weighted by molar-refractivity contribution is 0.419. The van der Waals surface area contributed by atoms with Crippen molar-refractivity contribution in [2.75, 3.05) is 13.7 Å². The number of hydrogen-bond acceptors (Lipinski definition) is 2. The number of fused-ring (bicyclic) bond motifs is 1. The van der Waals surface area contributed by atoms with Crippen LogP contribution < -0.4 is 10.1 Å². The van der Waals surface area contributed by atoms with Crippen LogP contribution in [0, 0.1) is 5.41 Å². The molecule has 3 rings (SSSR count). The molecule has 2 aromatic rings. The van der Waals surface area contributed by atoms with Gasteiger partial charge in [0.15, 0.2) is 0 Å². The fourth-order valence-electron chi connectivity index (χ4n) is 2.56. The van der Waals surface area contributed by atoms with Crippen molar-refractivity contribution in [1.29, 1.82) is 0 Å². The van der Waals surface area contributed by atoms with Crippen molar-refractivity contribution in [3.05, 3.63) is 42.0 Å². The summed E-state index contributed by atoms with van der Waals surface area (Å²) in [7, 11) is 1.73. The fraction of sp³-hybridized carbons (Fsp3) is 0.412. The molecule has 1 aliphatic carbocycles. The molecular weight excluding hydrogens is 234 g/mol. The standard InChI is InChI=1S/C17H21NO/c1-17(9-10-17)12-18-11-13-7-8-16(19-2)15-6-4-3-5-14(13)15/h3-8,18H,9-12H2,1-2H3. The summed E-state index contributed by atoms with van der Waals surface area (Å²) < 4.78 is 5.43. The Hall–Kier alpha value is -1.54. The van der Waals surface area contributed by atoms with Crippen LogP contribution in [-0.4, -0.2) is 13.7 Å². The van der Waals surface area contributed by atoms with Gasteiger partial charge in [0, 0.05) is 18.5 Å². The molecule has 1 saturated carbocycles. The molecule has 2 aromatic carbocycles. The van der Waals surface area contributed by atoms with E-state index < -0.39 is 0 Å². The van der Waals surface area contributed by atoms with Crippen LogP contribution in [0.1, 0.15) is 25.3 Å². The monoisotopic (exact) mass is 255 g/mol. The first-order chi connectivity index (χ1) is 9.22. The molecule has 1 fully saturated rings. The second kappa shape index (κ2) is 4.86. The summed E-state index contributed by atoms with van der Waals surface area (Å²) >= 11 is 0. The maximum atomic E-state index is 5.43. The van der Waals surface area contributed by atoms with Crippen LogP contribution in [0.3, 0.4) is 0 Å². The number of benzene rings is 2. The zero-order valence-electron chi connectivity index (χ0n) is 11.7. The van der Waals surface area contributed by atoms with Crippen LogP contribution in [-0.2, 0) is 6.54 Å². The van der Waals surface area contributed by atoms with Gasteiger partial charge in [0.25, 0.3) is 0 Å². The fourth-order valence-corrected chi connectivity index (χ4v) is 2.56. The molecule has 0 heterocycles. The minimum atomic E-state index is 0.558. The average Bonchev–Trinajstić information content (AvgIpc) is 3.17. The van der Waals surface area contributed by atoms with Crippen molar-refractivity contribution in [3.63, 3.8) is 0 Å². The minimum Gasteiger partial charge on any atom is -0.496 e. The van der Waals surface area contributed by atoms with Gasteiger partial charge in [-0.1, -0.05) is 37.3 Å². The SMILES string of the molecule is COc1ccc(CNCC2(C)CC2)c2ccccc12. The molecule has 100 valence electrons. The van der Waals surface area contributed by atoms with E-state index in [2.05, 4.69) is 48.6 Å². The summed E-state index contributed by atoms with van der Waals surface area (Å²) in [6, 6.07) is 12.7.